The van der Waals surface area contributed by atoms with Gasteiger partial charge in [-0.2, -0.15) is 5.10 Å². The van der Waals surface area contributed by atoms with Crippen LogP contribution in [0.3, 0.4) is 0 Å². The first-order valence-electron chi connectivity index (χ1n) is 6.71. The molecule has 1 aliphatic carbocycles. The summed E-state index contributed by atoms with van der Waals surface area (Å²) in [5, 5.41) is 8.41. The zero-order chi connectivity index (χ0) is 12.0. The summed E-state index contributed by atoms with van der Waals surface area (Å²) in [5.74, 6) is 1.87. The van der Waals surface area contributed by atoms with E-state index in [0.29, 0.717) is 18.0 Å². The average Bonchev–Trinajstić information content (AvgIpc) is 2.87. The molecule has 2 atom stereocenters. The van der Waals surface area contributed by atoms with E-state index < -0.39 is 0 Å². The highest BCUT2D eigenvalue weighted by molar-refractivity contribution is 9.10. The summed E-state index contributed by atoms with van der Waals surface area (Å²) < 4.78 is 3.39. The van der Waals surface area contributed by atoms with Gasteiger partial charge in [0.15, 0.2) is 0 Å². The maximum Gasteiger partial charge on any atom is 0.139 e. The molecule has 1 fully saturated rings. The second-order valence-electron chi connectivity index (χ2n) is 5.60. The van der Waals surface area contributed by atoms with Gasteiger partial charge in [0.1, 0.15) is 5.82 Å². The van der Waals surface area contributed by atoms with Gasteiger partial charge in [-0.05, 0) is 49.0 Å². The second kappa shape index (κ2) is 4.30. The number of nitrogens with zero attached hydrogens (tertiary/aromatic N) is 2. The quantitative estimate of drug-likeness (QED) is 0.847. The molecule has 0 radical (unpaired) electrons. The molecule has 0 spiro atoms. The molecule has 17 heavy (non-hydrogen) atoms. The summed E-state index contributed by atoms with van der Waals surface area (Å²) in [4.78, 5) is 0. The van der Waals surface area contributed by atoms with Crippen molar-refractivity contribution in [3.05, 3.63) is 10.2 Å². The molecule has 0 amide bonds. The molecule has 1 aromatic heterocycles. The van der Waals surface area contributed by atoms with Gasteiger partial charge < -0.3 is 5.32 Å². The molecule has 1 N–H and O–H groups in total. The topological polar surface area (TPSA) is 29.9 Å². The standard InChI is InChI=1S/C13H20BrN3/c1-8-7-9(2)17-13(15-8)11(14)12(16-17)10-5-3-4-6-10/h8-10,15H,3-7H2,1-2H3. The predicted octanol–water partition coefficient (Wildman–Crippen LogP) is 4.07. The fraction of sp³-hybridized carbons (Fsp3) is 0.769. The zero-order valence-electron chi connectivity index (χ0n) is 10.5. The molecule has 3 nitrogen and oxygen atoms in total. The smallest absolute Gasteiger partial charge is 0.139 e. The van der Waals surface area contributed by atoms with E-state index in [2.05, 4.69) is 39.8 Å². The van der Waals surface area contributed by atoms with Crippen LogP contribution in [-0.4, -0.2) is 15.8 Å². The van der Waals surface area contributed by atoms with Crippen molar-refractivity contribution >= 4 is 21.7 Å². The normalized spacial score (nSPS) is 29.1. The Morgan fingerprint density at radius 2 is 2.00 bits per heavy atom. The number of hydrogen-bond donors (Lipinski definition) is 1. The fourth-order valence-electron chi connectivity index (χ4n) is 3.24. The lowest BCUT2D eigenvalue weighted by molar-refractivity contribution is 0.409. The van der Waals surface area contributed by atoms with E-state index >= 15 is 0 Å². The number of aromatic nitrogens is 2. The predicted molar refractivity (Wildman–Crippen MR) is 73.5 cm³/mol. The van der Waals surface area contributed by atoms with E-state index in [0.717, 1.165) is 6.42 Å². The molecule has 0 aromatic carbocycles. The third-order valence-electron chi connectivity index (χ3n) is 4.11. The van der Waals surface area contributed by atoms with Crippen LogP contribution in [0.5, 0.6) is 0 Å². The number of rotatable bonds is 1. The molecule has 1 aromatic rings. The Kier molecular flexibility index (Phi) is 2.93. The van der Waals surface area contributed by atoms with Crippen LogP contribution < -0.4 is 5.32 Å². The first-order valence-corrected chi connectivity index (χ1v) is 7.50. The Morgan fingerprint density at radius 1 is 1.29 bits per heavy atom. The van der Waals surface area contributed by atoms with Crippen molar-refractivity contribution < 1.29 is 0 Å². The van der Waals surface area contributed by atoms with Gasteiger partial charge in [-0.25, -0.2) is 4.68 Å². The minimum absolute atomic E-state index is 0.507. The Bertz CT molecular complexity index is 421. The van der Waals surface area contributed by atoms with Gasteiger partial charge in [0.25, 0.3) is 0 Å². The zero-order valence-corrected chi connectivity index (χ0v) is 12.1. The van der Waals surface area contributed by atoms with Gasteiger partial charge in [-0.1, -0.05) is 12.8 Å². The van der Waals surface area contributed by atoms with Gasteiger partial charge >= 0.3 is 0 Å². The number of anilines is 1. The van der Waals surface area contributed by atoms with Crippen LogP contribution in [-0.2, 0) is 0 Å². The van der Waals surface area contributed by atoms with Crippen LogP contribution in [0, 0.1) is 0 Å². The van der Waals surface area contributed by atoms with E-state index in [1.54, 1.807) is 0 Å². The molecule has 94 valence electrons. The summed E-state index contributed by atoms with van der Waals surface area (Å²) in [6.45, 7) is 4.51. The van der Waals surface area contributed by atoms with Crippen molar-refractivity contribution in [2.75, 3.05) is 5.32 Å². The molecule has 0 bridgehead atoms. The van der Waals surface area contributed by atoms with Crippen molar-refractivity contribution in [2.45, 2.75) is 64.0 Å². The number of fused-ring (bicyclic) bond motifs is 1. The van der Waals surface area contributed by atoms with Crippen LogP contribution >= 0.6 is 15.9 Å². The van der Waals surface area contributed by atoms with Gasteiger partial charge in [-0.15, -0.1) is 0 Å². The molecule has 3 rings (SSSR count). The average molecular weight is 298 g/mol. The maximum absolute atomic E-state index is 4.86. The van der Waals surface area contributed by atoms with Crippen molar-refractivity contribution in [3.8, 4) is 0 Å². The summed E-state index contributed by atoms with van der Waals surface area (Å²) in [5.41, 5.74) is 1.28. The van der Waals surface area contributed by atoms with Crippen LogP contribution in [0.4, 0.5) is 5.82 Å². The van der Waals surface area contributed by atoms with Crippen molar-refractivity contribution in [1.29, 1.82) is 0 Å². The van der Waals surface area contributed by atoms with Crippen LogP contribution in [0.25, 0.3) is 0 Å². The lowest BCUT2D eigenvalue weighted by atomic mass is 10.0. The van der Waals surface area contributed by atoms with Crippen molar-refractivity contribution in [3.63, 3.8) is 0 Å². The van der Waals surface area contributed by atoms with Crippen LogP contribution in [0.15, 0.2) is 4.47 Å². The number of nitrogens with one attached hydrogen (secondary N) is 1. The van der Waals surface area contributed by atoms with E-state index in [9.17, 15) is 0 Å². The molecule has 1 aliphatic heterocycles. The van der Waals surface area contributed by atoms with Crippen LogP contribution in [0.1, 0.15) is 63.6 Å². The second-order valence-corrected chi connectivity index (χ2v) is 6.40. The Hall–Kier alpha value is -0.510. The summed E-state index contributed by atoms with van der Waals surface area (Å²) >= 11 is 3.76. The molecule has 2 unspecified atom stereocenters. The van der Waals surface area contributed by atoms with Gasteiger partial charge in [-0.3, -0.25) is 0 Å². The highest BCUT2D eigenvalue weighted by atomic mass is 79.9. The minimum atomic E-state index is 0.507. The highest BCUT2D eigenvalue weighted by Crippen LogP contribution is 2.42. The molecule has 2 heterocycles. The Morgan fingerprint density at radius 3 is 2.71 bits per heavy atom. The van der Waals surface area contributed by atoms with E-state index in [1.807, 2.05) is 0 Å². The summed E-state index contributed by atoms with van der Waals surface area (Å²) in [6.07, 6.45) is 6.49. The first kappa shape index (κ1) is 11.6. The van der Waals surface area contributed by atoms with Crippen LogP contribution in [0.2, 0.25) is 0 Å². The molecule has 1 saturated carbocycles. The van der Waals surface area contributed by atoms with Gasteiger partial charge in [0.05, 0.1) is 16.2 Å². The molecule has 2 aliphatic rings. The highest BCUT2D eigenvalue weighted by Gasteiger charge is 2.30. The fourth-order valence-corrected chi connectivity index (χ4v) is 3.94. The van der Waals surface area contributed by atoms with Gasteiger partial charge in [0, 0.05) is 12.0 Å². The molecular weight excluding hydrogens is 278 g/mol. The van der Waals surface area contributed by atoms with E-state index in [1.165, 1.54) is 41.7 Å². The summed E-state index contributed by atoms with van der Waals surface area (Å²) in [7, 11) is 0. The molecule has 0 saturated heterocycles. The maximum atomic E-state index is 4.86. The number of halogens is 1. The van der Waals surface area contributed by atoms with Crippen molar-refractivity contribution in [1.82, 2.24) is 9.78 Å². The van der Waals surface area contributed by atoms with Crippen molar-refractivity contribution in [2.24, 2.45) is 0 Å². The van der Waals surface area contributed by atoms with E-state index in [4.69, 9.17) is 5.10 Å². The molecule has 4 heteroatoms. The number of hydrogen-bond acceptors (Lipinski definition) is 2. The minimum Gasteiger partial charge on any atom is -0.367 e. The lowest BCUT2D eigenvalue weighted by Gasteiger charge is -2.28. The Labute approximate surface area is 111 Å². The molecular formula is C13H20BrN3. The largest absolute Gasteiger partial charge is 0.367 e. The Balaban J connectivity index is 1.99. The third-order valence-corrected chi connectivity index (χ3v) is 4.90. The SMILES string of the molecule is CC1CC(C)n2nc(C3CCCC3)c(Br)c2N1. The third kappa shape index (κ3) is 1.90. The first-order chi connectivity index (χ1) is 8.16. The van der Waals surface area contributed by atoms with Gasteiger partial charge in [0.2, 0.25) is 0 Å². The monoisotopic (exact) mass is 297 g/mol. The lowest BCUT2D eigenvalue weighted by Crippen LogP contribution is -2.28. The summed E-state index contributed by atoms with van der Waals surface area (Å²) in [6, 6.07) is 1.05. The van der Waals surface area contributed by atoms with E-state index in [-0.39, 0.29) is 0 Å².